The Hall–Kier alpha value is -0.360. The molecule has 0 aliphatic carbocycles. The molecule has 3 heterocycles. The van der Waals surface area contributed by atoms with Crippen LogP contribution in [0.2, 0.25) is 0 Å². The van der Waals surface area contributed by atoms with Gasteiger partial charge in [0.05, 0.1) is 11.6 Å². The molecule has 0 spiro atoms. The number of aromatic nitrogens is 1. The van der Waals surface area contributed by atoms with Crippen LogP contribution in [0.15, 0.2) is 17.8 Å². The lowest BCUT2D eigenvalue weighted by atomic mass is 10.1. The zero-order valence-electron chi connectivity index (χ0n) is 9.26. The molecule has 1 atom stereocenters. The van der Waals surface area contributed by atoms with Gasteiger partial charge in [0, 0.05) is 33.0 Å². The predicted octanol–water partition coefficient (Wildman–Crippen LogP) is 3.27. The fourth-order valence-corrected chi connectivity index (χ4v) is 4.96. The van der Waals surface area contributed by atoms with E-state index in [0.29, 0.717) is 6.42 Å². The fraction of sp³-hybridized carbons (Fsp3) is 0.417. The van der Waals surface area contributed by atoms with Gasteiger partial charge in [-0.05, 0) is 23.8 Å². The van der Waals surface area contributed by atoms with Crippen molar-refractivity contribution in [1.82, 2.24) is 4.98 Å². The molecule has 0 fully saturated rings. The monoisotopic (exact) mass is 283 g/mol. The van der Waals surface area contributed by atoms with E-state index in [2.05, 4.69) is 11.1 Å². The summed E-state index contributed by atoms with van der Waals surface area (Å²) in [5, 5.41) is 10.2. The van der Waals surface area contributed by atoms with E-state index in [1.807, 2.05) is 23.5 Å². The van der Waals surface area contributed by atoms with Crippen LogP contribution < -0.4 is 0 Å². The quantitative estimate of drug-likeness (QED) is 0.938. The van der Waals surface area contributed by atoms with Crippen molar-refractivity contribution in [2.24, 2.45) is 0 Å². The highest BCUT2D eigenvalue weighted by molar-refractivity contribution is 7.98. The SMILES string of the molecule is OC(Cc1cncs1)c1cc2c(s1)CCSC2. The van der Waals surface area contributed by atoms with Gasteiger partial charge in [0.15, 0.2) is 0 Å². The Morgan fingerprint density at radius 3 is 3.18 bits per heavy atom. The molecule has 2 aromatic heterocycles. The first-order chi connectivity index (χ1) is 8.33. The average Bonchev–Trinajstić information content (AvgIpc) is 2.96. The first-order valence-corrected chi connectivity index (χ1v) is 8.42. The maximum atomic E-state index is 10.2. The van der Waals surface area contributed by atoms with Crippen LogP contribution in [0.25, 0.3) is 0 Å². The van der Waals surface area contributed by atoms with E-state index in [4.69, 9.17) is 0 Å². The van der Waals surface area contributed by atoms with Crippen LogP contribution in [0.4, 0.5) is 0 Å². The van der Waals surface area contributed by atoms with Crippen molar-refractivity contribution in [3.05, 3.63) is 38.0 Å². The molecule has 3 rings (SSSR count). The number of thioether (sulfide) groups is 1. The molecular weight excluding hydrogens is 270 g/mol. The highest BCUT2D eigenvalue weighted by Crippen LogP contribution is 2.35. The molecule has 0 saturated carbocycles. The van der Waals surface area contributed by atoms with Crippen LogP contribution in [0.1, 0.15) is 26.3 Å². The maximum Gasteiger partial charge on any atom is 0.0930 e. The number of hydrogen-bond donors (Lipinski definition) is 1. The van der Waals surface area contributed by atoms with Crippen molar-refractivity contribution in [3.8, 4) is 0 Å². The third-order valence-corrected chi connectivity index (χ3v) is 6.00. The zero-order valence-corrected chi connectivity index (χ0v) is 11.7. The highest BCUT2D eigenvalue weighted by Gasteiger charge is 2.18. The predicted molar refractivity (Wildman–Crippen MR) is 75.0 cm³/mol. The van der Waals surface area contributed by atoms with E-state index in [-0.39, 0.29) is 6.10 Å². The third-order valence-electron chi connectivity index (χ3n) is 2.85. The van der Waals surface area contributed by atoms with Gasteiger partial charge in [-0.3, -0.25) is 4.98 Å². The molecule has 2 nitrogen and oxygen atoms in total. The molecule has 0 saturated heterocycles. The van der Waals surface area contributed by atoms with Crippen LogP contribution in [-0.2, 0) is 18.6 Å². The van der Waals surface area contributed by atoms with Gasteiger partial charge in [0.1, 0.15) is 0 Å². The summed E-state index contributed by atoms with van der Waals surface area (Å²) < 4.78 is 0. The standard InChI is InChI=1S/C12H13NOS3/c14-10(4-9-5-13-7-16-9)12-3-8-6-15-2-1-11(8)17-12/h3,5,7,10,14H,1-2,4,6H2. The molecule has 2 aromatic rings. The largest absolute Gasteiger partial charge is 0.387 e. The number of hydrogen-bond acceptors (Lipinski definition) is 5. The van der Waals surface area contributed by atoms with Gasteiger partial charge in [-0.2, -0.15) is 11.8 Å². The summed E-state index contributed by atoms with van der Waals surface area (Å²) in [6.45, 7) is 0. The summed E-state index contributed by atoms with van der Waals surface area (Å²) in [4.78, 5) is 7.78. The Labute approximate surface area is 113 Å². The van der Waals surface area contributed by atoms with Crippen LogP contribution in [-0.4, -0.2) is 15.8 Å². The van der Waals surface area contributed by atoms with Crippen molar-refractivity contribution < 1.29 is 5.11 Å². The molecule has 0 bridgehead atoms. The number of aliphatic hydroxyl groups is 1. The number of thiophene rings is 1. The molecule has 1 aliphatic rings. The zero-order chi connectivity index (χ0) is 11.7. The van der Waals surface area contributed by atoms with E-state index >= 15 is 0 Å². The molecule has 0 radical (unpaired) electrons. The van der Waals surface area contributed by atoms with Crippen LogP contribution in [0.5, 0.6) is 0 Å². The number of aliphatic hydroxyl groups excluding tert-OH is 1. The summed E-state index contributed by atoms with van der Waals surface area (Å²) in [6.07, 6.45) is 3.34. The summed E-state index contributed by atoms with van der Waals surface area (Å²) in [5.41, 5.74) is 3.25. The normalized spacial score (nSPS) is 16.8. The minimum absolute atomic E-state index is 0.365. The van der Waals surface area contributed by atoms with Gasteiger partial charge in [0.2, 0.25) is 0 Å². The van der Waals surface area contributed by atoms with Crippen molar-refractivity contribution in [2.75, 3.05) is 5.75 Å². The highest BCUT2D eigenvalue weighted by atomic mass is 32.2. The molecule has 17 heavy (non-hydrogen) atoms. The molecule has 90 valence electrons. The summed E-state index contributed by atoms with van der Waals surface area (Å²) in [6, 6.07) is 2.19. The second-order valence-electron chi connectivity index (χ2n) is 4.09. The van der Waals surface area contributed by atoms with E-state index < -0.39 is 0 Å². The van der Waals surface area contributed by atoms with Crippen LogP contribution >= 0.6 is 34.4 Å². The summed E-state index contributed by atoms with van der Waals surface area (Å²) in [5.74, 6) is 2.33. The topological polar surface area (TPSA) is 33.1 Å². The lowest BCUT2D eigenvalue weighted by Crippen LogP contribution is -1.97. The van der Waals surface area contributed by atoms with E-state index in [0.717, 1.165) is 21.9 Å². The third kappa shape index (κ3) is 2.57. The number of aryl methyl sites for hydroxylation is 1. The van der Waals surface area contributed by atoms with Crippen molar-refractivity contribution >= 4 is 34.4 Å². The van der Waals surface area contributed by atoms with Gasteiger partial charge in [-0.25, -0.2) is 0 Å². The van der Waals surface area contributed by atoms with Gasteiger partial charge >= 0.3 is 0 Å². The average molecular weight is 283 g/mol. The van der Waals surface area contributed by atoms with Crippen molar-refractivity contribution in [3.63, 3.8) is 0 Å². The van der Waals surface area contributed by atoms with Gasteiger partial charge < -0.3 is 5.11 Å². The Morgan fingerprint density at radius 2 is 2.41 bits per heavy atom. The number of fused-ring (bicyclic) bond motifs is 1. The molecule has 1 N–H and O–H groups in total. The Kier molecular flexibility index (Phi) is 3.51. The lowest BCUT2D eigenvalue weighted by Gasteiger charge is -2.08. The minimum atomic E-state index is -0.365. The number of rotatable bonds is 3. The van der Waals surface area contributed by atoms with E-state index in [1.165, 1.54) is 16.2 Å². The first-order valence-electron chi connectivity index (χ1n) is 5.57. The molecular formula is C12H13NOS3. The van der Waals surface area contributed by atoms with E-state index in [9.17, 15) is 5.11 Å². The lowest BCUT2D eigenvalue weighted by molar-refractivity contribution is 0.183. The molecule has 1 aliphatic heterocycles. The Morgan fingerprint density at radius 1 is 1.47 bits per heavy atom. The number of nitrogens with zero attached hydrogens (tertiary/aromatic N) is 1. The van der Waals surface area contributed by atoms with Crippen LogP contribution in [0.3, 0.4) is 0 Å². The second kappa shape index (κ2) is 5.10. The first kappa shape index (κ1) is 11.7. The molecule has 0 aromatic carbocycles. The second-order valence-corrected chi connectivity index (χ2v) is 7.33. The molecule has 1 unspecified atom stereocenters. The van der Waals surface area contributed by atoms with Crippen molar-refractivity contribution in [1.29, 1.82) is 0 Å². The maximum absolute atomic E-state index is 10.2. The van der Waals surface area contributed by atoms with Crippen molar-refractivity contribution in [2.45, 2.75) is 24.7 Å². The smallest absolute Gasteiger partial charge is 0.0930 e. The summed E-state index contributed by atoms with van der Waals surface area (Å²) >= 11 is 5.38. The minimum Gasteiger partial charge on any atom is -0.387 e. The van der Waals surface area contributed by atoms with Crippen LogP contribution in [0, 0.1) is 0 Å². The number of thiazole rings is 1. The summed E-state index contributed by atoms with van der Waals surface area (Å²) in [7, 11) is 0. The van der Waals surface area contributed by atoms with Gasteiger partial charge in [-0.15, -0.1) is 22.7 Å². The Bertz CT molecular complexity index is 468. The Balaban J connectivity index is 1.77. The fourth-order valence-electron chi connectivity index (χ4n) is 1.97. The molecule has 5 heteroatoms. The van der Waals surface area contributed by atoms with E-state index in [1.54, 1.807) is 22.7 Å². The van der Waals surface area contributed by atoms with Gasteiger partial charge in [-0.1, -0.05) is 0 Å². The van der Waals surface area contributed by atoms with Gasteiger partial charge in [0.25, 0.3) is 0 Å². The molecule has 0 amide bonds.